The number of rotatable bonds is 14. The molecular weight excluding hydrogens is 483 g/mol. The zero-order chi connectivity index (χ0) is 25.2. The Balaban J connectivity index is 1.69. The Morgan fingerprint density at radius 1 is 1.23 bits per heavy atom. The summed E-state index contributed by atoms with van der Waals surface area (Å²) in [6.45, 7) is 5.78. The lowest BCUT2D eigenvalue weighted by molar-refractivity contribution is -0.122. The van der Waals surface area contributed by atoms with E-state index < -0.39 is 0 Å². The summed E-state index contributed by atoms with van der Waals surface area (Å²) in [7, 11) is 1.61. The quantitative estimate of drug-likeness (QED) is 0.197. The highest BCUT2D eigenvalue weighted by Crippen LogP contribution is 2.48. The molecule has 196 valence electrons. The van der Waals surface area contributed by atoms with Crippen LogP contribution in [0.3, 0.4) is 0 Å². The number of hydrogen-bond donors (Lipinski definition) is 3. The van der Waals surface area contributed by atoms with Crippen molar-refractivity contribution in [1.29, 1.82) is 0 Å². The number of piperidine rings is 1. The third-order valence-corrected chi connectivity index (χ3v) is 7.85. The highest BCUT2D eigenvalue weighted by molar-refractivity contribution is 7.80. The van der Waals surface area contributed by atoms with Crippen molar-refractivity contribution in [3.8, 4) is 0 Å². The van der Waals surface area contributed by atoms with E-state index in [1.54, 1.807) is 19.2 Å². The fourth-order valence-electron chi connectivity index (χ4n) is 5.99. The number of nitrogens with zero attached hydrogens (tertiary/aromatic N) is 3. The van der Waals surface area contributed by atoms with E-state index in [1.807, 2.05) is 12.1 Å². The van der Waals surface area contributed by atoms with E-state index >= 15 is 0 Å². The predicted molar refractivity (Wildman–Crippen MR) is 147 cm³/mol. The Bertz CT molecular complexity index is 826. The number of nitrogens with one attached hydrogen (secondary N) is 1. The predicted octanol–water partition coefficient (Wildman–Crippen LogP) is 3.84. The van der Waals surface area contributed by atoms with Gasteiger partial charge in [0.1, 0.15) is 12.9 Å². The molecule has 0 aliphatic carbocycles. The van der Waals surface area contributed by atoms with Gasteiger partial charge in [-0.1, -0.05) is 24.2 Å². The molecule has 1 N–H and O–H groups in total. The van der Waals surface area contributed by atoms with Gasteiger partial charge in [0, 0.05) is 42.6 Å². The van der Waals surface area contributed by atoms with Gasteiger partial charge in [0.25, 0.3) is 0 Å². The molecule has 1 amide bonds. The van der Waals surface area contributed by atoms with Crippen LogP contribution in [0.1, 0.15) is 50.5 Å². The summed E-state index contributed by atoms with van der Waals surface area (Å²) in [6, 6.07) is 7.94. The number of carbonyl (C=O) groups excluding carboxylic acids is 1. The highest BCUT2D eigenvalue weighted by atomic mass is 32.1. The molecule has 6 nitrogen and oxygen atoms in total. The van der Waals surface area contributed by atoms with Crippen LogP contribution in [0.25, 0.3) is 0 Å². The van der Waals surface area contributed by atoms with E-state index in [9.17, 15) is 9.18 Å². The van der Waals surface area contributed by atoms with E-state index in [-0.39, 0.29) is 17.6 Å². The number of oxime groups is 1. The van der Waals surface area contributed by atoms with Crippen LogP contribution >= 0.6 is 25.3 Å². The van der Waals surface area contributed by atoms with Crippen LogP contribution in [-0.4, -0.2) is 84.8 Å². The number of thiol groups is 2. The second kappa shape index (κ2) is 14.4. The lowest BCUT2D eigenvalue weighted by Crippen LogP contribution is -2.51. The van der Waals surface area contributed by atoms with Gasteiger partial charge in [-0.05, 0) is 68.8 Å². The van der Waals surface area contributed by atoms with Gasteiger partial charge in [-0.3, -0.25) is 14.6 Å². The topological polar surface area (TPSA) is 57.2 Å². The van der Waals surface area contributed by atoms with Crippen LogP contribution in [-0.2, 0) is 9.63 Å². The van der Waals surface area contributed by atoms with Gasteiger partial charge in [0.05, 0.1) is 12.3 Å². The van der Waals surface area contributed by atoms with Crippen molar-refractivity contribution >= 4 is 36.9 Å². The van der Waals surface area contributed by atoms with Crippen molar-refractivity contribution in [1.82, 2.24) is 15.1 Å². The molecule has 4 atom stereocenters. The first kappa shape index (κ1) is 28.3. The fourth-order valence-corrected chi connectivity index (χ4v) is 6.38. The molecular formula is C26H41FN4O2S2. The van der Waals surface area contributed by atoms with Crippen molar-refractivity contribution in [2.24, 2.45) is 11.1 Å². The summed E-state index contributed by atoms with van der Waals surface area (Å²) in [5.41, 5.74) is 2.28. The standard InChI is InChI=1S/C26H41FN4O2S2/c1-3-23(29-33-2)26-22(19-5-7-20(27)8-6-19)17-21-9-10-24(26)31(21)13-4-12-30(14-16-35)18-25(32)28-11-15-34/h5-8,21-22,24,26,34-35H,3-4,9-18H2,1-2H3,(H,28,32)/b29-23+/t21?,22-,24?,26+/m0/s1. The Kier molecular flexibility index (Phi) is 11.7. The molecule has 0 spiro atoms. The minimum absolute atomic E-state index is 0.0458. The smallest absolute Gasteiger partial charge is 0.234 e. The number of hydrogen-bond acceptors (Lipinski definition) is 7. The first-order valence-corrected chi connectivity index (χ1v) is 14.1. The Hall–Kier alpha value is -1.29. The summed E-state index contributed by atoms with van der Waals surface area (Å²) in [5.74, 6) is 1.78. The van der Waals surface area contributed by atoms with Crippen LogP contribution in [0, 0.1) is 11.7 Å². The highest BCUT2D eigenvalue weighted by Gasteiger charge is 2.48. The van der Waals surface area contributed by atoms with Gasteiger partial charge in [-0.25, -0.2) is 4.39 Å². The maximum atomic E-state index is 13.6. The minimum Gasteiger partial charge on any atom is -0.399 e. The maximum absolute atomic E-state index is 13.6. The zero-order valence-corrected chi connectivity index (χ0v) is 22.8. The number of carbonyl (C=O) groups is 1. The first-order valence-electron chi connectivity index (χ1n) is 12.8. The third-order valence-electron chi connectivity index (χ3n) is 7.43. The Morgan fingerprint density at radius 2 is 2.00 bits per heavy atom. The molecule has 1 aromatic carbocycles. The van der Waals surface area contributed by atoms with Crippen molar-refractivity contribution in [2.45, 2.75) is 57.0 Å². The number of halogens is 1. The lowest BCUT2D eigenvalue weighted by atomic mass is 9.73. The second-order valence-corrected chi connectivity index (χ2v) is 10.4. The van der Waals surface area contributed by atoms with Gasteiger partial charge in [0.15, 0.2) is 0 Å². The van der Waals surface area contributed by atoms with Crippen molar-refractivity contribution in [2.75, 3.05) is 51.3 Å². The average molecular weight is 525 g/mol. The van der Waals surface area contributed by atoms with E-state index in [0.29, 0.717) is 36.8 Å². The Morgan fingerprint density at radius 3 is 2.66 bits per heavy atom. The van der Waals surface area contributed by atoms with Crippen LogP contribution in [0.15, 0.2) is 29.4 Å². The molecule has 35 heavy (non-hydrogen) atoms. The molecule has 1 aromatic rings. The summed E-state index contributed by atoms with van der Waals surface area (Å²) in [5, 5.41) is 7.35. The van der Waals surface area contributed by atoms with Crippen LogP contribution in [0.2, 0.25) is 0 Å². The first-order chi connectivity index (χ1) is 17.0. The van der Waals surface area contributed by atoms with Crippen LogP contribution in [0.4, 0.5) is 4.39 Å². The number of benzene rings is 1. The van der Waals surface area contributed by atoms with Gasteiger partial charge >= 0.3 is 0 Å². The molecule has 3 rings (SSSR count). The fraction of sp³-hybridized carbons (Fsp3) is 0.692. The normalized spacial score (nSPS) is 24.7. The van der Waals surface area contributed by atoms with Gasteiger partial charge in [0.2, 0.25) is 5.91 Å². The SMILES string of the molecule is CC/C(=N\OC)[C@@H]1C2CCC(C[C@H]1c1ccc(F)cc1)N2CCCN(CCS)CC(=O)NCCS. The van der Waals surface area contributed by atoms with Crippen molar-refractivity contribution in [3.05, 3.63) is 35.6 Å². The van der Waals surface area contributed by atoms with E-state index in [1.165, 1.54) is 12.0 Å². The molecule has 2 saturated heterocycles. The minimum atomic E-state index is -0.197. The van der Waals surface area contributed by atoms with E-state index in [0.717, 1.165) is 56.8 Å². The zero-order valence-electron chi connectivity index (χ0n) is 21.0. The molecule has 0 aromatic heterocycles. The van der Waals surface area contributed by atoms with E-state index in [2.05, 4.69) is 52.5 Å². The maximum Gasteiger partial charge on any atom is 0.234 e. The number of fused-ring (bicyclic) bond motifs is 2. The van der Waals surface area contributed by atoms with Gasteiger partial charge in [-0.15, -0.1) is 0 Å². The monoisotopic (exact) mass is 524 g/mol. The summed E-state index contributed by atoms with van der Waals surface area (Å²) in [6.07, 6.45) is 5.19. The van der Waals surface area contributed by atoms with Crippen LogP contribution < -0.4 is 5.32 Å². The largest absolute Gasteiger partial charge is 0.399 e. The summed E-state index contributed by atoms with van der Waals surface area (Å²) >= 11 is 8.55. The lowest BCUT2D eigenvalue weighted by Gasteiger charge is -2.45. The molecule has 0 radical (unpaired) electrons. The average Bonchev–Trinajstić information content (AvgIpc) is 3.13. The molecule has 2 bridgehead atoms. The Labute approximate surface area is 220 Å². The number of amides is 1. The molecule has 2 aliphatic rings. The molecule has 2 aliphatic heterocycles. The van der Waals surface area contributed by atoms with Crippen molar-refractivity contribution < 1.29 is 14.0 Å². The second-order valence-electron chi connectivity index (χ2n) is 9.50. The van der Waals surface area contributed by atoms with Gasteiger partial charge in [-0.2, -0.15) is 25.3 Å². The molecule has 0 saturated carbocycles. The molecule has 9 heteroatoms. The molecule has 2 fully saturated rings. The summed E-state index contributed by atoms with van der Waals surface area (Å²) in [4.78, 5) is 22.3. The van der Waals surface area contributed by atoms with Crippen molar-refractivity contribution in [3.63, 3.8) is 0 Å². The molecule has 2 heterocycles. The summed E-state index contributed by atoms with van der Waals surface area (Å²) < 4.78 is 13.6. The van der Waals surface area contributed by atoms with Crippen LogP contribution in [0.5, 0.6) is 0 Å². The third kappa shape index (κ3) is 7.60. The van der Waals surface area contributed by atoms with E-state index in [4.69, 9.17) is 4.84 Å². The van der Waals surface area contributed by atoms with Gasteiger partial charge < -0.3 is 10.2 Å². The molecule has 2 unspecified atom stereocenters.